The molecule has 0 radical (unpaired) electrons. The van der Waals surface area contributed by atoms with Crippen LogP contribution in [0.2, 0.25) is 0 Å². The van der Waals surface area contributed by atoms with Gasteiger partial charge in [-0.3, -0.25) is 0 Å². The Morgan fingerprint density at radius 3 is 2.48 bits per heavy atom. The fourth-order valence-electron chi connectivity index (χ4n) is 4.92. The molecule has 4 aromatic heterocycles. The summed E-state index contributed by atoms with van der Waals surface area (Å²) in [7, 11) is -3.42. The molecule has 14 heteroatoms. The van der Waals surface area contributed by atoms with Crippen LogP contribution in [0.1, 0.15) is 31.6 Å². The minimum atomic E-state index is -3.42. The quantitative estimate of drug-likeness (QED) is 0.248. The molecule has 0 aliphatic carbocycles. The first-order valence-corrected chi connectivity index (χ1v) is 15.9. The maximum atomic E-state index is 13.5. The number of fused-ring (bicyclic) bond motifs is 1. The number of benzene rings is 1. The van der Waals surface area contributed by atoms with E-state index < -0.39 is 10.0 Å². The lowest BCUT2D eigenvalue weighted by Gasteiger charge is -2.26. The molecular formula is C28H26FN9O2S2. The molecule has 5 heterocycles. The third kappa shape index (κ3) is 4.94. The van der Waals surface area contributed by atoms with Crippen molar-refractivity contribution in [3.05, 3.63) is 59.5 Å². The van der Waals surface area contributed by atoms with Crippen molar-refractivity contribution in [1.82, 2.24) is 29.7 Å². The molecule has 0 unspecified atom stereocenters. The first kappa shape index (κ1) is 27.7. The summed E-state index contributed by atoms with van der Waals surface area (Å²) in [6, 6.07) is 11.8. The third-order valence-electron chi connectivity index (χ3n) is 7.00. The van der Waals surface area contributed by atoms with Crippen LogP contribution in [-0.2, 0) is 16.6 Å². The molecular weight excluding hydrogens is 578 g/mol. The number of aryl methyl sites for hydroxylation is 1. The monoisotopic (exact) mass is 603 g/mol. The summed E-state index contributed by atoms with van der Waals surface area (Å²) in [6.45, 7) is 5.43. The molecule has 11 nitrogen and oxygen atoms in total. The van der Waals surface area contributed by atoms with Crippen LogP contribution in [-0.4, -0.2) is 57.0 Å². The molecule has 1 aliphatic heterocycles. The van der Waals surface area contributed by atoms with Crippen molar-refractivity contribution in [2.45, 2.75) is 33.2 Å². The predicted molar refractivity (Wildman–Crippen MR) is 159 cm³/mol. The van der Waals surface area contributed by atoms with Gasteiger partial charge in [-0.2, -0.15) is 10.4 Å². The number of nitriles is 1. The highest BCUT2D eigenvalue weighted by molar-refractivity contribution is 7.92. The van der Waals surface area contributed by atoms with Crippen LogP contribution < -0.4 is 9.21 Å². The van der Waals surface area contributed by atoms with Crippen molar-refractivity contribution in [2.75, 3.05) is 28.0 Å². The average Bonchev–Trinajstić information content (AvgIpc) is 3.59. The Labute approximate surface area is 246 Å². The molecule has 0 N–H and O–H groups in total. The zero-order chi connectivity index (χ0) is 29.4. The Balaban J connectivity index is 1.40. The van der Waals surface area contributed by atoms with Crippen molar-refractivity contribution in [3.63, 3.8) is 0 Å². The van der Waals surface area contributed by atoms with Gasteiger partial charge in [-0.05, 0) is 63.1 Å². The minimum Gasteiger partial charge on any atom is -0.301 e. The van der Waals surface area contributed by atoms with Crippen LogP contribution in [0.5, 0.6) is 0 Å². The van der Waals surface area contributed by atoms with E-state index in [1.165, 1.54) is 27.8 Å². The molecule has 0 bridgehead atoms. The van der Waals surface area contributed by atoms with Gasteiger partial charge in [-0.1, -0.05) is 11.3 Å². The Bertz CT molecular complexity index is 1910. The SMILES string of the molecule is CCN(c1nc(-c2ccc(F)cc2)c(C#N)s1)c1c2nc(-c3cnc(N4CCCCS4(=O)=O)nc3)ccc2nn1CC. The maximum Gasteiger partial charge on any atom is 0.239 e. The van der Waals surface area contributed by atoms with Crippen molar-refractivity contribution >= 4 is 49.3 Å². The summed E-state index contributed by atoms with van der Waals surface area (Å²) in [4.78, 5) is 20.8. The second-order valence-corrected chi connectivity index (χ2v) is 12.6. The van der Waals surface area contributed by atoms with E-state index in [4.69, 9.17) is 15.1 Å². The topological polar surface area (TPSA) is 134 Å². The first-order chi connectivity index (χ1) is 20.3. The number of aromatic nitrogens is 6. The first-order valence-electron chi connectivity index (χ1n) is 13.5. The molecule has 6 rings (SSSR count). The highest BCUT2D eigenvalue weighted by Crippen LogP contribution is 2.38. The number of hydrogen-bond acceptors (Lipinski definition) is 10. The number of halogens is 1. The number of thiazole rings is 1. The summed E-state index contributed by atoms with van der Waals surface area (Å²) < 4.78 is 41.6. The van der Waals surface area contributed by atoms with E-state index in [9.17, 15) is 18.1 Å². The van der Waals surface area contributed by atoms with Gasteiger partial charge in [0.05, 0.1) is 11.4 Å². The largest absolute Gasteiger partial charge is 0.301 e. The molecule has 5 aromatic rings. The van der Waals surface area contributed by atoms with E-state index in [1.807, 2.05) is 35.6 Å². The molecule has 1 fully saturated rings. The molecule has 0 spiro atoms. The van der Waals surface area contributed by atoms with Gasteiger partial charge < -0.3 is 4.90 Å². The van der Waals surface area contributed by atoms with E-state index in [0.717, 1.165) is 12.2 Å². The molecule has 1 aliphatic rings. The van der Waals surface area contributed by atoms with Gasteiger partial charge in [0.1, 0.15) is 33.5 Å². The standard InChI is InChI=1S/C28H26FN9O2S2/c1-3-36(28-34-24(23(15-30)41-28)18-7-9-20(29)10-8-18)26-25-22(35-37(26)4-2)12-11-21(33-25)19-16-31-27(32-17-19)38-13-5-6-14-42(38,39)40/h7-12,16-17H,3-6,13-14H2,1-2H3. The summed E-state index contributed by atoms with van der Waals surface area (Å²) in [5.41, 5.74) is 3.70. The molecule has 1 saturated heterocycles. The van der Waals surface area contributed by atoms with Crippen molar-refractivity contribution < 1.29 is 12.8 Å². The third-order valence-corrected chi connectivity index (χ3v) is 9.81. The number of nitrogens with zero attached hydrogens (tertiary/aromatic N) is 9. The molecule has 1 aromatic carbocycles. The number of pyridine rings is 1. The fraction of sp³-hybridized carbons (Fsp3) is 0.286. The van der Waals surface area contributed by atoms with Gasteiger partial charge in [-0.25, -0.2) is 41.7 Å². The zero-order valence-electron chi connectivity index (χ0n) is 22.9. The van der Waals surface area contributed by atoms with Crippen LogP contribution in [0.25, 0.3) is 33.5 Å². The Hall–Kier alpha value is -4.48. The van der Waals surface area contributed by atoms with Gasteiger partial charge in [-0.15, -0.1) is 0 Å². The van der Waals surface area contributed by atoms with E-state index >= 15 is 0 Å². The zero-order valence-corrected chi connectivity index (χ0v) is 24.5. The number of sulfonamides is 1. The summed E-state index contributed by atoms with van der Waals surface area (Å²) in [5.74, 6) is 0.608. The Morgan fingerprint density at radius 1 is 1.05 bits per heavy atom. The van der Waals surface area contributed by atoms with Crippen molar-refractivity contribution in [1.29, 1.82) is 5.26 Å². The molecule has 0 atom stereocenters. The second-order valence-electron chi connectivity index (χ2n) is 9.61. The van der Waals surface area contributed by atoms with Crippen LogP contribution in [0.15, 0.2) is 48.8 Å². The summed E-state index contributed by atoms with van der Waals surface area (Å²) in [5, 5.41) is 15.2. The number of anilines is 3. The number of hydrogen-bond donors (Lipinski definition) is 0. The number of rotatable bonds is 7. The lowest BCUT2D eigenvalue weighted by atomic mass is 10.1. The van der Waals surface area contributed by atoms with Gasteiger partial charge in [0.2, 0.25) is 16.0 Å². The van der Waals surface area contributed by atoms with Crippen molar-refractivity contribution in [3.8, 4) is 28.6 Å². The van der Waals surface area contributed by atoms with Crippen LogP contribution in [0.3, 0.4) is 0 Å². The van der Waals surface area contributed by atoms with E-state index in [1.54, 1.807) is 24.5 Å². The summed E-state index contributed by atoms with van der Waals surface area (Å²) >= 11 is 1.25. The van der Waals surface area contributed by atoms with E-state index in [2.05, 4.69) is 16.0 Å². The molecule has 0 saturated carbocycles. The lowest BCUT2D eigenvalue weighted by Crippen LogP contribution is -2.38. The van der Waals surface area contributed by atoms with Crippen LogP contribution in [0, 0.1) is 17.1 Å². The van der Waals surface area contributed by atoms with Crippen LogP contribution >= 0.6 is 11.3 Å². The Kier molecular flexibility index (Phi) is 7.29. The lowest BCUT2D eigenvalue weighted by molar-refractivity contribution is 0.572. The van der Waals surface area contributed by atoms with Gasteiger partial charge in [0, 0.05) is 43.2 Å². The van der Waals surface area contributed by atoms with Gasteiger partial charge in [0.25, 0.3) is 0 Å². The maximum absolute atomic E-state index is 13.5. The Morgan fingerprint density at radius 2 is 1.81 bits per heavy atom. The molecule has 214 valence electrons. The van der Waals surface area contributed by atoms with Crippen molar-refractivity contribution in [2.24, 2.45) is 0 Å². The highest BCUT2D eigenvalue weighted by Gasteiger charge is 2.28. The van der Waals surface area contributed by atoms with Gasteiger partial charge in [0.15, 0.2) is 10.9 Å². The normalized spacial score (nSPS) is 14.7. The summed E-state index contributed by atoms with van der Waals surface area (Å²) in [6.07, 6.45) is 4.56. The second kappa shape index (κ2) is 11.1. The highest BCUT2D eigenvalue weighted by atomic mass is 32.2. The smallest absolute Gasteiger partial charge is 0.239 e. The molecule has 0 amide bonds. The van der Waals surface area contributed by atoms with E-state index in [-0.39, 0.29) is 17.5 Å². The van der Waals surface area contributed by atoms with Crippen LogP contribution in [0.4, 0.5) is 21.3 Å². The fourth-order valence-corrected chi connectivity index (χ4v) is 7.41. The molecule has 42 heavy (non-hydrogen) atoms. The van der Waals surface area contributed by atoms with E-state index in [0.29, 0.717) is 69.6 Å². The minimum absolute atomic E-state index is 0.0921. The van der Waals surface area contributed by atoms with Gasteiger partial charge >= 0.3 is 0 Å². The average molecular weight is 604 g/mol. The predicted octanol–water partition coefficient (Wildman–Crippen LogP) is 5.13.